The lowest BCUT2D eigenvalue weighted by Crippen LogP contribution is -2.44. The molecule has 2 aliphatic heterocycles. The summed E-state index contributed by atoms with van der Waals surface area (Å²) in [5.74, 6) is 0.854. The average molecular weight is 360 g/mol. The molecule has 0 unspecified atom stereocenters. The summed E-state index contributed by atoms with van der Waals surface area (Å²) in [6, 6.07) is 9.81. The summed E-state index contributed by atoms with van der Waals surface area (Å²) in [4.78, 5) is 14.9. The number of fused-ring (bicyclic) bond motifs is 1. The molecule has 1 amide bonds. The van der Waals surface area contributed by atoms with Gasteiger partial charge in [-0.2, -0.15) is 0 Å². The second-order valence-electron chi connectivity index (χ2n) is 8.52. The van der Waals surface area contributed by atoms with Gasteiger partial charge in [-0.25, -0.2) is 0 Å². The van der Waals surface area contributed by atoms with Crippen LogP contribution >= 0.6 is 0 Å². The summed E-state index contributed by atoms with van der Waals surface area (Å²) in [6.45, 7) is 11.9. The largest absolute Gasteiger partial charge is 0.498 e. The summed E-state index contributed by atoms with van der Waals surface area (Å²) in [5.41, 5.74) is 1.64. The summed E-state index contributed by atoms with van der Waals surface area (Å²) >= 11 is 0. The Morgan fingerprint density at radius 1 is 1.16 bits per heavy atom. The monoisotopic (exact) mass is 359 g/mol. The number of ether oxygens (including phenoxy) is 1. The molecule has 0 N–H and O–H groups in total. The lowest BCUT2D eigenvalue weighted by molar-refractivity contribution is -0.124. The fourth-order valence-electron chi connectivity index (χ4n) is 3.47. The second kappa shape index (κ2) is 6.29. The molecule has 2 heterocycles. The highest BCUT2D eigenvalue weighted by Crippen LogP contribution is 2.43. The Balaban J connectivity index is 1.84. The number of carbonyl (C=O) groups excluding carboxylic acids is 1. The van der Waals surface area contributed by atoms with Crippen molar-refractivity contribution in [1.29, 1.82) is 0 Å². The predicted molar refractivity (Wildman–Crippen MR) is 103 cm³/mol. The number of nitrogens with zero attached hydrogens (tertiary/aromatic N) is 1. The zero-order valence-electron chi connectivity index (χ0n) is 16.1. The molecule has 0 radical (unpaired) electrons. The molecule has 5 heteroatoms. The van der Waals surface area contributed by atoms with Crippen LogP contribution in [0.4, 0.5) is 0 Å². The van der Waals surface area contributed by atoms with Crippen molar-refractivity contribution in [3.05, 3.63) is 41.7 Å². The Bertz CT molecular complexity index is 691. The van der Waals surface area contributed by atoms with Crippen molar-refractivity contribution in [2.24, 2.45) is 0 Å². The normalized spacial score (nSPS) is 24.1. The smallest absolute Gasteiger partial charge is 0.258 e. The Hall–Kier alpha value is -1.59. The van der Waals surface area contributed by atoms with Crippen molar-refractivity contribution in [3.8, 4) is 0 Å². The van der Waals surface area contributed by atoms with E-state index in [1.54, 1.807) is 7.11 Å². The van der Waals surface area contributed by atoms with E-state index in [4.69, 9.17) is 9.16 Å². The third-order valence-electron chi connectivity index (χ3n) is 5.84. The molecule has 0 aliphatic carbocycles. The van der Waals surface area contributed by atoms with E-state index >= 15 is 0 Å². The molecule has 2 aliphatic rings. The van der Waals surface area contributed by atoms with E-state index in [1.165, 1.54) is 0 Å². The second-order valence-corrected chi connectivity index (χ2v) is 13.3. The quantitative estimate of drug-likeness (QED) is 0.761. The van der Waals surface area contributed by atoms with Crippen LogP contribution in [0.3, 0.4) is 0 Å². The molecule has 3 rings (SSSR count). The van der Waals surface area contributed by atoms with Crippen molar-refractivity contribution in [2.75, 3.05) is 13.7 Å². The van der Waals surface area contributed by atoms with E-state index in [0.717, 1.165) is 17.7 Å². The number of carbonyl (C=O) groups is 1. The lowest BCUT2D eigenvalue weighted by Gasteiger charge is -2.38. The number of benzene rings is 1. The molecule has 1 aromatic carbocycles. The van der Waals surface area contributed by atoms with Gasteiger partial charge in [-0.15, -0.1) is 0 Å². The topological polar surface area (TPSA) is 38.8 Å². The van der Waals surface area contributed by atoms with Crippen molar-refractivity contribution < 1.29 is 14.0 Å². The first-order valence-electron chi connectivity index (χ1n) is 8.98. The number of methoxy groups -OCH3 is 1. The van der Waals surface area contributed by atoms with Gasteiger partial charge in [0.05, 0.1) is 24.8 Å². The third kappa shape index (κ3) is 3.15. The molecule has 2 atom stereocenters. The van der Waals surface area contributed by atoms with Crippen LogP contribution in [0.5, 0.6) is 0 Å². The number of hydrogen-bond donors (Lipinski definition) is 0. The highest BCUT2D eigenvalue weighted by Gasteiger charge is 2.49. The van der Waals surface area contributed by atoms with Gasteiger partial charge in [0.1, 0.15) is 5.76 Å². The SMILES string of the molecule is COC1=C(c2ccccc2)C(=O)N2C[C@H](O[Si](C)(C)C(C)(C)C)C[C@H]12. The van der Waals surface area contributed by atoms with E-state index in [-0.39, 0.29) is 23.1 Å². The highest BCUT2D eigenvalue weighted by molar-refractivity contribution is 6.74. The maximum Gasteiger partial charge on any atom is 0.258 e. The van der Waals surface area contributed by atoms with Crippen molar-refractivity contribution in [3.63, 3.8) is 0 Å². The molecule has 0 aromatic heterocycles. The molecule has 4 nitrogen and oxygen atoms in total. The van der Waals surface area contributed by atoms with E-state index < -0.39 is 8.32 Å². The van der Waals surface area contributed by atoms with Crippen LogP contribution in [0.2, 0.25) is 18.1 Å². The van der Waals surface area contributed by atoms with Crippen molar-refractivity contribution in [1.82, 2.24) is 4.90 Å². The van der Waals surface area contributed by atoms with Gasteiger partial charge in [0.15, 0.2) is 8.32 Å². The van der Waals surface area contributed by atoms with E-state index in [2.05, 4.69) is 33.9 Å². The molecule has 25 heavy (non-hydrogen) atoms. The molecule has 136 valence electrons. The maximum absolute atomic E-state index is 13.0. The van der Waals surface area contributed by atoms with Crippen molar-refractivity contribution >= 4 is 19.8 Å². The van der Waals surface area contributed by atoms with Gasteiger partial charge in [-0.05, 0) is 23.7 Å². The van der Waals surface area contributed by atoms with Gasteiger partial charge in [0.25, 0.3) is 5.91 Å². The van der Waals surface area contributed by atoms with E-state index in [9.17, 15) is 4.79 Å². The molecule has 1 saturated heterocycles. The first kappa shape index (κ1) is 18.2. The summed E-state index contributed by atoms with van der Waals surface area (Å²) in [7, 11) is -0.184. The van der Waals surface area contributed by atoms with Gasteiger partial charge in [0, 0.05) is 13.0 Å². The van der Waals surface area contributed by atoms with E-state index in [1.807, 2.05) is 35.2 Å². The Labute approximate surface area is 151 Å². The van der Waals surface area contributed by atoms with Gasteiger partial charge in [0.2, 0.25) is 0 Å². The van der Waals surface area contributed by atoms with Gasteiger partial charge < -0.3 is 14.1 Å². The zero-order chi connectivity index (χ0) is 18.4. The molecule has 0 saturated carbocycles. The third-order valence-corrected chi connectivity index (χ3v) is 10.4. The van der Waals surface area contributed by atoms with Crippen LogP contribution in [-0.4, -0.2) is 44.9 Å². The number of hydrogen-bond acceptors (Lipinski definition) is 3. The van der Waals surface area contributed by atoms with Crippen LogP contribution in [0.1, 0.15) is 32.8 Å². The first-order valence-corrected chi connectivity index (χ1v) is 11.9. The van der Waals surface area contributed by atoms with Crippen LogP contribution < -0.4 is 0 Å². The molecule has 1 fully saturated rings. The van der Waals surface area contributed by atoms with Gasteiger partial charge >= 0.3 is 0 Å². The Morgan fingerprint density at radius 2 is 1.80 bits per heavy atom. The summed E-state index contributed by atoms with van der Waals surface area (Å²) in [5, 5.41) is 0.166. The minimum Gasteiger partial charge on any atom is -0.498 e. The number of amides is 1. The zero-order valence-corrected chi connectivity index (χ0v) is 17.1. The Morgan fingerprint density at radius 3 is 2.36 bits per heavy atom. The maximum atomic E-state index is 13.0. The highest BCUT2D eigenvalue weighted by atomic mass is 28.4. The fourth-order valence-corrected chi connectivity index (χ4v) is 4.83. The van der Waals surface area contributed by atoms with Crippen molar-refractivity contribution in [2.45, 2.75) is 57.5 Å². The molecular weight excluding hydrogens is 330 g/mol. The Kier molecular flexibility index (Phi) is 4.58. The van der Waals surface area contributed by atoms with Crippen LogP contribution in [-0.2, 0) is 14.0 Å². The minimum atomic E-state index is -1.85. The van der Waals surface area contributed by atoms with Crippen LogP contribution in [0.25, 0.3) is 5.57 Å². The summed E-state index contributed by atoms with van der Waals surface area (Å²) < 4.78 is 12.2. The first-order chi connectivity index (χ1) is 11.7. The molecule has 0 spiro atoms. The lowest BCUT2D eigenvalue weighted by atomic mass is 10.0. The van der Waals surface area contributed by atoms with Gasteiger partial charge in [-0.3, -0.25) is 4.79 Å². The van der Waals surface area contributed by atoms with Gasteiger partial charge in [-0.1, -0.05) is 51.1 Å². The molecular formula is C20H29NO3Si. The van der Waals surface area contributed by atoms with Crippen LogP contribution in [0, 0.1) is 0 Å². The molecule has 0 bridgehead atoms. The number of rotatable bonds is 4. The molecule has 1 aromatic rings. The average Bonchev–Trinajstić information content (AvgIpc) is 3.04. The minimum absolute atomic E-state index is 0.00229. The standard InChI is InChI=1S/C20H29NO3Si/c1-20(2,3)25(5,6)24-15-12-16-18(23-4)17(19(22)21(16)13-15)14-10-8-7-9-11-14/h7-11,15-16H,12-13H2,1-6H3/t15-,16-/m1/s1. The predicted octanol–water partition coefficient (Wildman–Crippen LogP) is 4.05. The summed E-state index contributed by atoms with van der Waals surface area (Å²) in [6.07, 6.45) is 0.912. The van der Waals surface area contributed by atoms with E-state index in [0.29, 0.717) is 12.1 Å². The fraction of sp³-hybridized carbons (Fsp3) is 0.550. The van der Waals surface area contributed by atoms with Crippen LogP contribution in [0.15, 0.2) is 36.1 Å².